The number of hydrogen-bond acceptors (Lipinski definition) is 2. The first kappa shape index (κ1) is 9.65. The molecule has 0 unspecified atom stereocenters. The van der Waals surface area contributed by atoms with Gasteiger partial charge in [-0.05, 0) is 36.2 Å². The second kappa shape index (κ2) is 3.35. The lowest BCUT2D eigenvalue weighted by Crippen LogP contribution is -1.94. The predicted molar refractivity (Wildman–Crippen MR) is 59.5 cm³/mol. The molecule has 0 saturated heterocycles. The summed E-state index contributed by atoms with van der Waals surface area (Å²) < 4.78 is 3.10. The highest BCUT2D eigenvalue weighted by Gasteiger charge is 2.10. The highest BCUT2D eigenvalue weighted by atomic mass is 79.9. The lowest BCUT2D eigenvalue weighted by molar-refractivity contribution is 1.01. The molecule has 2 heterocycles. The molecule has 14 heavy (non-hydrogen) atoms. The van der Waals surface area contributed by atoms with Gasteiger partial charge in [0.15, 0.2) is 5.65 Å². The van der Waals surface area contributed by atoms with E-state index < -0.39 is 0 Å². The van der Waals surface area contributed by atoms with Crippen LogP contribution in [0.1, 0.15) is 24.0 Å². The number of imidazole rings is 1. The summed E-state index contributed by atoms with van der Waals surface area (Å²) in [4.78, 5) is 8.91. The fraction of sp³-hybridized carbons (Fsp3) is 0.400. The summed E-state index contributed by atoms with van der Waals surface area (Å²) in [5.41, 5.74) is 4.01. The average molecular weight is 254 g/mol. The van der Waals surface area contributed by atoms with Crippen molar-refractivity contribution >= 4 is 21.6 Å². The van der Waals surface area contributed by atoms with Crippen LogP contribution in [0.5, 0.6) is 0 Å². The van der Waals surface area contributed by atoms with Crippen molar-refractivity contribution in [2.45, 2.75) is 27.2 Å². The highest BCUT2D eigenvalue weighted by molar-refractivity contribution is 9.10. The molecule has 0 aliphatic carbocycles. The van der Waals surface area contributed by atoms with Crippen LogP contribution in [-0.2, 0) is 6.42 Å². The Kier molecular flexibility index (Phi) is 2.31. The van der Waals surface area contributed by atoms with E-state index in [4.69, 9.17) is 0 Å². The van der Waals surface area contributed by atoms with E-state index in [-0.39, 0.29) is 0 Å². The molecule has 2 rings (SSSR count). The number of halogens is 1. The first-order chi connectivity index (χ1) is 6.63. The molecule has 0 N–H and O–H groups in total. The number of fused-ring (bicyclic) bond motifs is 1. The topological polar surface area (TPSA) is 30.2 Å². The van der Waals surface area contributed by atoms with Gasteiger partial charge < -0.3 is 0 Å². The van der Waals surface area contributed by atoms with E-state index in [0.29, 0.717) is 0 Å². The van der Waals surface area contributed by atoms with Crippen LogP contribution in [0.25, 0.3) is 5.65 Å². The molecule has 0 saturated carbocycles. The van der Waals surface area contributed by atoms with E-state index >= 15 is 0 Å². The quantitative estimate of drug-likeness (QED) is 0.783. The molecule has 0 bridgehead atoms. The number of aryl methyl sites for hydroxylation is 3. The van der Waals surface area contributed by atoms with E-state index in [0.717, 1.165) is 33.8 Å². The Morgan fingerprint density at radius 2 is 2.07 bits per heavy atom. The van der Waals surface area contributed by atoms with Gasteiger partial charge in [-0.3, -0.25) is 9.38 Å². The van der Waals surface area contributed by atoms with Crippen molar-refractivity contribution in [2.75, 3.05) is 0 Å². The molecule has 3 nitrogen and oxygen atoms in total. The van der Waals surface area contributed by atoms with Crippen molar-refractivity contribution in [3.05, 3.63) is 27.9 Å². The lowest BCUT2D eigenvalue weighted by atomic mass is 10.4. The molecule has 0 spiro atoms. The van der Waals surface area contributed by atoms with Gasteiger partial charge in [0.2, 0.25) is 0 Å². The predicted octanol–water partition coefficient (Wildman–Crippen LogP) is 2.67. The molecule has 0 radical (unpaired) electrons. The van der Waals surface area contributed by atoms with Crippen LogP contribution in [0.3, 0.4) is 0 Å². The van der Waals surface area contributed by atoms with Gasteiger partial charge in [0.1, 0.15) is 4.60 Å². The molecule has 0 aliphatic heterocycles. The molecular weight excluding hydrogens is 242 g/mol. The van der Waals surface area contributed by atoms with E-state index in [2.05, 4.69) is 37.2 Å². The smallest absolute Gasteiger partial charge is 0.159 e. The summed E-state index contributed by atoms with van der Waals surface area (Å²) in [6.07, 6.45) is 2.93. The van der Waals surface area contributed by atoms with Crippen LogP contribution >= 0.6 is 15.9 Å². The molecule has 2 aromatic rings. The maximum Gasteiger partial charge on any atom is 0.159 e. The zero-order chi connectivity index (χ0) is 10.3. The van der Waals surface area contributed by atoms with Gasteiger partial charge in [-0.25, -0.2) is 4.98 Å². The fourth-order valence-electron chi connectivity index (χ4n) is 1.59. The van der Waals surface area contributed by atoms with Gasteiger partial charge in [-0.15, -0.1) is 0 Å². The molecule has 74 valence electrons. The third kappa shape index (κ3) is 1.34. The van der Waals surface area contributed by atoms with Crippen LogP contribution in [-0.4, -0.2) is 14.4 Å². The standard InChI is InChI=1S/C10H12BrN3/c1-4-8-9(11)14-5-6(2)12-7(3)10(14)13-8/h5H,4H2,1-3H3. The Bertz CT molecular complexity index is 488. The first-order valence-electron chi connectivity index (χ1n) is 4.64. The number of rotatable bonds is 1. The van der Waals surface area contributed by atoms with E-state index in [1.165, 1.54) is 0 Å². The molecular formula is C10H12BrN3. The Hall–Kier alpha value is -0.900. The average Bonchev–Trinajstić information content (AvgIpc) is 2.44. The molecule has 0 aliphatic rings. The van der Waals surface area contributed by atoms with Crippen molar-refractivity contribution < 1.29 is 0 Å². The monoisotopic (exact) mass is 253 g/mol. The van der Waals surface area contributed by atoms with E-state index in [1.54, 1.807) is 0 Å². The minimum Gasteiger partial charge on any atom is -0.291 e. The zero-order valence-electron chi connectivity index (χ0n) is 8.50. The molecule has 0 atom stereocenters. The van der Waals surface area contributed by atoms with Crippen LogP contribution in [0.15, 0.2) is 10.8 Å². The molecule has 0 amide bonds. The number of hydrogen-bond donors (Lipinski definition) is 0. The van der Waals surface area contributed by atoms with Gasteiger partial charge in [0.25, 0.3) is 0 Å². The summed E-state index contributed by atoms with van der Waals surface area (Å²) in [6, 6.07) is 0. The third-order valence-electron chi connectivity index (χ3n) is 2.24. The minimum absolute atomic E-state index is 0.931. The van der Waals surface area contributed by atoms with Gasteiger partial charge >= 0.3 is 0 Å². The summed E-state index contributed by atoms with van der Waals surface area (Å²) in [5, 5.41) is 0. The maximum absolute atomic E-state index is 4.52. The molecule has 0 aromatic carbocycles. The van der Waals surface area contributed by atoms with Crippen LogP contribution < -0.4 is 0 Å². The van der Waals surface area contributed by atoms with Gasteiger partial charge in [0, 0.05) is 6.20 Å². The molecule has 4 heteroatoms. The van der Waals surface area contributed by atoms with Gasteiger partial charge in [-0.1, -0.05) is 6.92 Å². The largest absolute Gasteiger partial charge is 0.291 e. The van der Waals surface area contributed by atoms with Crippen LogP contribution in [0, 0.1) is 13.8 Å². The van der Waals surface area contributed by atoms with Crippen LogP contribution in [0.4, 0.5) is 0 Å². The van der Waals surface area contributed by atoms with Crippen molar-refractivity contribution in [3.8, 4) is 0 Å². The lowest BCUT2D eigenvalue weighted by Gasteiger charge is -1.99. The second-order valence-electron chi connectivity index (χ2n) is 3.36. The summed E-state index contributed by atoms with van der Waals surface area (Å²) >= 11 is 3.55. The van der Waals surface area contributed by atoms with Gasteiger partial charge in [-0.2, -0.15) is 0 Å². The summed E-state index contributed by atoms with van der Waals surface area (Å²) in [7, 11) is 0. The summed E-state index contributed by atoms with van der Waals surface area (Å²) in [5.74, 6) is 0. The Balaban J connectivity index is 2.85. The van der Waals surface area contributed by atoms with E-state index in [9.17, 15) is 0 Å². The first-order valence-corrected chi connectivity index (χ1v) is 5.43. The van der Waals surface area contributed by atoms with Crippen molar-refractivity contribution in [1.29, 1.82) is 0 Å². The van der Waals surface area contributed by atoms with Crippen molar-refractivity contribution in [3.63, 3.8) is 0 Å². The minimum atomic E-state index is 0.931. The van der Waals surface area contributed by atoms with Crippen molar-refractivity contribution in [1.82, 2.24) is 14.4 Å². The second-order valence-corrected chi connectivity index (χ2v) is 4.12. The van der Waals surface area contributed by atoms with Crippen LogP contribution in [0.2, 0.25) is 0 Å². The third-order valence-corrected chi connectivity index (χ3v) is 3.08. The SMILES string of the molecule is CCc1nc2c(C)nc(C)cn2c1Br. The fourth-order valence-corrected chi connectivity index (χ4v) is 2.23. The maximum atomic E-state index is 4.52. The van der Waals surface area contributed by atoms with Crippen molar-refractivity contribution in [2.24, 2.45) is 0 Å². The normalized spacial score (nSPS) is 11.1. The number of nitrogens with zero attached hydrogens (tertiary/aromatic N) is 3. The Labute approximate surface area is 91.3 Å². The Morgan fingerprint density at radius 1 is 1.36 bits per heavy atom. The zero-order valence-corrected chi connectivity index (χ0v) is 10.1. The highest BCUT2D eigenvalue weighted by Crippen LogP contribution is 2.20. The Morgan fingerprint density at radius 3 is 2.71 bits per heavy atom. The van der Waals surface area contributed by atoms with Gasteiger partial charge in [0.05, 0.1) is 17.1 Å². The summed E-state index contributed by atoms with van der Waals surface area (Å²) in [6.45, 7) is 6.08. The molecule has 0 fully saturated rings. The van der Waals surface area contributed by atoms with E-state index in [1.807, 2.05) is 20.0 Å². The molecule has 2 aromatic heterocycles. The number of aromatic nitrogens is 3.